The third-order valence-electron chi connectivity index (χ3n) is 20.3. The quantitative estimate of drug-likeness (QED) is 0.142. The highest BCUT2D eigenvalue weighted by molar-refractivity contribution is 7.00. The fourth-order valence-electron chi connectivity index (χ4n) is 15.2. The summed E-state index contributed by atoms with van der Waals surface area (Å²) in [6.07, 6.45) is 0. The van der Waals surface area contributed by atoms with Crippen LogP contribution in [0.5, 0.6) is 0 Å². The van der Waals surface area contributed by atoms with E-state index in [4.69, 9.17) is 4.11 Å². The van der Waals surface area contributed by atoms with E-state index in [0.29, 0.717) is 11.1 Å². The van der Waals surface area contributed by atoms with E-state index in [-0.39, 0.29) is 40.6 Å². The van der Waals surface area contributed by atoms with Gasteiger partial charge >= 0.3 is 0 Å². The number of hydrogen-bond acceptors (Lipinski definition) is 3. The van der Waals surface area contributed by atoms with Gasteiger partial charge in [0.05, 0.1) is 45.9 Å². The molecule has 0 fully saturated rings. The van der Waals surface area contributed by atoms with Gasteiger partial charge in [-0.3, -0.25) is 0 Å². The van der Waals surface area contributed by atoms with Gasteiger partial charge < -0.3 is 18.9 Å². The van der Waals surface area contributed by atoms with Crippen LogP contribution in [-0.2, 0) is 16.2 Å². The average molecular weight is 1250 g/mol. The molecule has 17 rings (SSSR count). The molecular weight excluding hydrogens is 1170 g/mol. The van der Waals surface area contributed by atoms with E-state index in [0.717, 1.165) is 134 Å². The summed E-state index contributed by atoms with van der Waals surface area (Å²) >= 11 is 0. The normalized spacial score (nSPS) is 13.6. The van der Waals surface area contributed by atoms with Gasteiger partial charge in [0.15, 0.2) is 0 Å². The van der Waals surface area contributed by atoms with Crippen molar-refractivity contribution in [2.24, 2.45) is 0 Å². The SMILES string of the molecule is [2H]c1c([2H])c([2H])c(-c2ccc3c(c2)N(c2ccc(-c4ccccc4)cc2-c2ccccc2)c2cc(C(C)(C)C)cc4c2B3c2ccc(-n3c5ccc(C(C)(C)C)cc5c5cc(C(C)(C)C)ccc53)cc2N4c2ccc(C#N)c(-n3c4ccccc4c4cc(-c5ccccc5)ccc43)c2)c([2H])c1[2H]. The van der Waals surface area contributed by atoms with E-state index < -0.39 is 18.2 Å². The molecule has 0 atom stereocenters. The molecule has 5 nitrogen and oxygen atoms in total. The topological polar surface area (TPSA) is 40.1 Å². The summed E-state index contributed by atoms with van der Waals surface area (Å²) in [6, 6.07) is 92.5. The summed E-state index contributed by atoms with van der Waals surface area (Å²) in [5, 5.41) is 16.0. The summed E-state index contributed by atoms with van der Waals surface area (Å²) in [5.74, 6) is 0. The molecule has 0 amide bonds. The van der Waals surface area contributed by atoms with Crippen molar-refractivity contribution < 1.29 is 6.85 Å². The van der Waals surface area contributed by atoms with Gasteiger partial charge in [-0.05, 0) is 191 Å². The molecule has 2 aliphatic heterocycles. The molecule has 0 radical (unpaired) electrons. The van der Waals surface area contributed by atoms with Crippen LogP contribution in [0, 0.1) is 11.3 Å². The molecular formula is C91H74BN5. The standard InChI is InChI=1S/C91H74BN5/c1-89(2,3)66-38-46-80-74(51-66)75-52-67(90(4,5)6)39-47-81(75)94(80)70-41-43-77-85(56-70)95(69-40-34-65(57-93)83(55-69)96-78-33-23-22-32-71(78)73-49-63(37-45-82(73)96)59-26-16-11-17-27-59)86-53-68(91(7,8)9)54-87-88(86)92(77)76-42-35-64(60-28-18-12-19-29-60)50-84(76)97(87)79-44-36-62(58-24-14-10-15-25-58)48-72(79)61-30-20-13-21-31-61/h10-56H,1-9H3/i12D,18D,19D,28D,29D. The lowest BCUT2D eigenvalue weighted by atomic mass is 9.33. The number of fused-ring (bicyclic) bond motifs is 10. The number of hydrogen-bond donors (Lipinski definition) is 0. The maximum Gasteiger partial charge on any atom is 0.252 e. The second-order valence-electron chi connectivity index (χ2n) is 29.3. The number of aromatic nitrogens is 2. The van der Waals surface area contributed by atoms with E-state index >= 15 is 0 Å². The molecule has 13 aromatic carbocycles. The lowest BCUT2D eigenvalue weighted by Crippen LogP contribution is -2.61. The molecule has 6 heteroatoms. The van der Waals surface area contributed by atoms with Gasteiger partial charge in [0, 0.05) is 61.2 Å². The Morgan fingerprint density at radius 2 is 0.814 bits per heavy atom. The number of nitrogens with zero attached hydrogens (tertiary/aromatic N) is 5. The minimum Gasteiger partial charge on any atom is -0.311 e. The Kier molecular flexibility index (Phi) is 12.4. The first-order chi connectivity index (χ1) is 49.0. The third kappa shape index (κ3) is 9.81. The fraction of sp³-hybridized carbons (Fsp3) is 0.132. The van der Waals surface area contributed by atoms with Crippen molar-refractivity contribution >= 4 is 101 Å². The number of nitriles is 1. The molecule has 0 spiro atoms. The van der Waals surface area contributed by atoms with Crippen molar-refractivity contribution in [2.45, 2.75) is 78.6 Å². The molecule has 0 saturated heterocycles. The Hall–Kier alpha value is -11.4. The zero-order valence-electron chi connectivity index (χ0n) is 61.1. The van der Waals surface area contributed by atoms with Crippen LogP contribution < -0.4 is 26.2 Å². The number of benzene rings is 13. The van der Waals surface area contributed by atoms with Crippen molar-refractivity contribution in [2.75, 3.05) is 9.80 Å². The Bertz CT molecular complexity index is 5950. The lowest BCUT2D eigenvalue weighted by Gasteiger charge is -2.45. The molecule has 466 valence electrons. The maximum absolute atomic E-state index is 11.5. The first kappa shape index (κ1) is 53.9. The van der Waals surface area contributed by atoms with Crippen LogP contribution in [-0.4, -0.2) is 15.8 Å². The third-order valence-corrected chi connectivity index (χ3v) is 20.3. The number of para-hydroxylation sites is 1. The molecule has 2 aliphatic rings. The summed E-state index contributed by atoms with van der Waals surface area (Å²) in [5.41, 5.74) is 24.9. The zero-order chi connectivity index (χ0) is 70.6. The van der Waals surface area contributed by atoms with Crippen molar-refractivity contribution in [1.29, 1.82) is 5.26 Å². The Morgan fingerprint density at radius 1 is 0.330 bits per heavy atom. The first-order valence-corrected chi connectivity index (χ1v) is 33.7. The van der Waals surface area contributed by atoms with E-state index in [1.54, 1.807) is 0 Å². The molecule has 2 aromatic heterocycles. The minimum absolute atomic E-state index is 0.102. The average Bonchev–Trinajstić information content (AvgIpc) is 0.824. The highest BCUT2D eigenvalue weighted by Gasteiger charge is 2.45. The molecule has 0 bridgehead atoms. The number of rotatable bonds is 8. The molecule has 0 unspecified atom stereocenters. The van der Waals surface area contributed by atoms with Crippen LogP contribution >= 0.6 is 0 Å². The van der Waals surface area contributed by atoms with E-state index in [9.17, 15) is 8.00 Å². The molecule has 15 aromatic rings. The smallest absolute Gasteiger partial charge is 0.252 e. The van der Waals surface area contributed by atoms with Crippen molar-refractivity contribution in [3.05, 3.63) is 307 Å². The highest BCUT2D eigenvalue weighted by atomic mass is 15.2. The lowest BCUT2D eigenvalue weighted by molar-refractivity contribution is 0.590. The molecule has 0 aliphatic carbocycles. The van der Waals surface area contributed by atoms with Crippen LogP contribution in [0.3, 0.4) is 0 Å². The summed E-state index contributed by atoms with van der Waals surface area (Å²) in [7, 11) is 0. The molecule has 97 heavy (non-hydrogen) atoms. The summed E-state index contributed by atoms with van der Waals surface area (Å²) in [4.78, 5) is 4.84. The van der Waals surface area contributed by atoms with Gasteiger partial charge in [-0.15, -0.1) is 0 Å². The van der Waals surface area contributed by atoms with E-state index in [1.807, 2.05) is 30.3 Å². The number of anilines is 6. The van der Waals surface area contributed by atoms with E-state index in [2.05, 4.69) is 312 Å². The van der Waals surface area contributed by atoms with Crippen molar-refractivity contribution in [3.8, 4) is 62.0 Å². The van der Waals surface area contributed by atoms with Crippen LogP contribution in [0.15, 0.2) is 285 Å². The maximum atomic E-state index is 11.5. The minimum atomic E-state index is -0.439. The van der Waals surface area contributed by atoms with Crippen LogP contribution in [0.1, 0.15) is 91.4 Å². The summed E-state index contributed by atoms with van der Waals surface area (Å²) < 4.78 is 50.3. The van der Waals surface area contributed by atoms with Crippen molar-refractivity contribution in [3.63, 3.8) is 0 Å². The first-order valence-electron chi connectivity index (χ1n) is 36.2. The Labute approximate surface area is 576 Å². The fourth-order valence-corrected chi connectivity index (χ4v) is 15.2. The van der Waals surface area contributed by atoms with Crippen LogP contribution in [0.4, 0.5) is 34.1 Å². The Morgan fingerprint density at radius 3 is 1.44 bits per heavy atom. The zero-order valence-corrected chi connectivity index (χ0v) is 56.1. The van der Waals surface area contributed by atoms with Crippen LogP contribution in [0.25, 0.3) is 99.5 Å². The second kappa shape index (κ2) is 22.4. The molecule has 0 saturated carbocycles. The molecule has 4 heterocycles. The van der Waals surface area contributed by atoms with Gasteiger partial charge in [-0.1, -0.05) is 244 Å². The van der Waals surface area contributed by atoms with E-state index in [1.165, 1.54) is 21.9 Å². The highest BCUT2D eigenvalue weighted by Crippen LogP contribution is 2.51. The van der Waals surface area contributed by atoms with Crippen LogP contribution in [0.2, 0.25) is 0 Å². The monoisotopic (exact) mass is 1250 g/mol. The Balaban J connectivity index is 0.993. The summed E-state index contributed by atoms with van der Waals surface area (Å²) in [6.45, 7) is 20.1. The van der Waals surface area contributed by atoms with Crippen molar-refractivity contribution in [1.82, 2.24) is 9.13 Å². The molecule has 0 N–H and O–H groups in total. The van der Waals surface area contributed by atoms with Gasteiger partial charge in [0.2, 0.25) is 0 Å². The second-order valence-corrected chi connectivity index (χ2v) is 29.3. The largest absolute Gasteiger partial charge is 0.311 e. The van der Waals surface area contributed by atoms with Gasteiger partial charge in [-0.2, -0.15) is 5.26 Å². The van der Waals surface area contributed by atoms with Gasteiger partial charge in [0.25, 0.3) is 6.71 Å². The van der Waals surface area contributed by atoms with Gasteiger partial charge in [-0.25, -0.2) is 0 Å². The predicted octanol–water partition coefficient (Wildman–Crippen LogP) is 22.4. The predicted molar refractivity (Wildman–Crippen MR) is 412 cm³/mol. The van der Waals surface area contributed by atoms with Gasteiger partial charge in [0.1, 0.15) is 6.07 Å².